The van der Waals surface area contributed by atoms with E-state index in [1.165, 1.54) is 4.90 Å². The molecule has 0 aliphatic carbocycles. The van der Waals surface area contributed by atoms with Gasteiger partial charge in [0.25, 0.3) is 0 Å². The first-order valence-corrected chi connectivity index (χ1v) is 5.57. The molecule has 5 nitrogen and oxygen atoms in total. The van der Waals surface area contributed by atoms with Gasteiger partial charge in [-0.15, -0.1) is 0 Å². The van der Waals surface area contributed by atoms with Crippen molar-refractivity contribution in [2.45, 2.75) is 19.0 Å². The van der Waals surface area contributed by atoms with Gasteiger partial charge in [0.1, 0.15) is 0 Å². The Morgan fingerprint density at radius 3 is 2.61 bits per heavy atom. The third kappa shape index (κ3) is 4.91. The lowest BCUT2D eigenvalue weighted by Crippen LogP contribution is -2.46. The van der Waals surface area contributed by atoms with E-state index in [2.05, 4.69) is 0 Å². The van der Waals surface area contributed by atoms with E-state index >= 15 is 0 Å². The van der Waals surface area contributed by atoms with Gasteiger partial charge in [-0.2, -0.15) is 13.2 Å². The van der Waals surface area contributed by atoms with Crippen molar-refractivity contribution in [3.05, 3.63) is 0 Å². The van der Waals surface area contributed by atoms with Gasteiger partial charge in [0.2, 0.25) is 5.91 Å². The molecular formula is C10H15F3N2O3. The van der Waals surface area contributed by atoms with E-state index in [9.17, 15) is 22.8 Å². The fourth-order valence-corrected chi connectivity index (χ4v) is 1.83. The summed E-state index contributed by atoms with van der Waals surface area (Å²) in [7, 11) is 0. The second kappa shape index (κ2) is 6.03. The van der Waals surface area contributed by atoms with Gasteiger partial charge in [0.05, 0.1) is 19.0 Å². The van der Waals surface area contributed by atoms with Crippen LogP contribution in [-0.2, 0) is 9.59 Å². The standard InChI is InChI=1S/C10H15F3N2O3/c11-10(12,13)6-14-4-8(16)15-3-1-2-7(5-15)9(17)18/h7,14H,1-6H2,(H,17,18)/t7-/m1/s1. The summed E-state index contributed by atoms with van der Waals surface area (Å²) in [6.07, 6.45) is -3.30. The van der Waals surface area contributed by atoms with E-state index in [4.69, 9.17) is 5.11 Å². The van der Waals surface area contributed by atoms with E-state index in [1.807, 2.05) is 5.32 Å². The second-order valence-electron chi connectivity index (χ2n) is 4.24. The molecule has 0 unspecified atom stereocenters. The van der Waals surface area contributed by atoms with Gasteiger partial charge in [-0.3, -0.25) is 9.59 Å². The van der Waals surface area contributed by atoms with Crippen molar-refractivity contribution in [2.24, 2.45) is 5.92 Å². The van der Waals surface area contributed by atoms with Crippen molar-refractivity contribution in [3.8, 4) is 0 Å². The van der Waals surface area contributed by atoms with Gasteiger partial charge in [0, 0.05) is 13.1 Å². The highest BCUT2D eigenvalue weighted by Crippen LogP contribution is 2.16. The lowest BCUT2D eigenvalue weighted by atomic mass is 9.98. The molecule has 0 aromatic carbocycles. The molecule has 0 radical (unpaired) electrons. The fourth-order valence-electron chi connectivity index (χ4n) is 1.83. The molecule has 1 rings (SSSR count). The van der Waals surface area contributed by atoms with E-state index in [1.54, 1.807) is 0 Å². The highest BCUT2D eigenvalue weighted by Gasteiger charge is 2.29. The summed E-state index contributed by atoms with van der Waals surface area (Å²) in [6, 6.07) is 0. The Labute approximate surface area is 102 Å². The first-order valence-electron chi connectivity index (χ1n) is 5.57. The largest absolute Gasteiger partial charge is 0.481 e. The zero-order chi connectivity index (χ0) is 13.8. The van der Waals surface area contributed by atoms with E-state index in [0.29, 0.717) is 19.4 Å². The van der Waals surface area contributed by atoms with E-state index < -0.39 is 37.1 Å². The predicted octanol–water partition coefficient (Wildman–Crippen LogP) is 0.461. The number of aliphatic carboxylic acids is 1. The van der Waals surface area contributed by atoms with Crippen LogP contribution in [0.25, 0.3) is 0 Å². The molecule has 1 atom stereocenters. The molecule has 0 spiro atoms. The van der Waals surface area contributed by atoms with Gasteiger partial charge in [0.15, 0.2) is 0 Å². The number of alkyl halides is 3. The van der Waals surface area contributed by atoms with Crippen molar-refractivity contribution in [3.63, 3.8) is 0 Å². The maximum atomic E-state index is 11.9. The van der Waals surface area contributed by atoms with Crippen LogP contribution in [0.1, 0.15) is 12.8 Å². The molecule has 0 bridgehead atoms. The molecule has 1 heterocycles. The molecule has 0 aromatic rings. The first-order chi connectivity index (χ1) is 8.29. The normalized spacial score (nSPS) is 20.8. The number of rotatable bonds is 4. The van der Waals surface area contributed by atoms with Gasteiger partial charge >= 0.3 is 12.1 Å². The van der Waals surface area contributed by atoms with Crippen molar-refractivity contribution in [2.75, 3.05) is 26.2 Å². The summed E-state index contributed by atoms with van der Waals surface area (Å²) < 4.78 is 35.6. The van der Waals surface area contributed by atoms with Crippen molar-refractivity contribution in [1.29, 1.82) is 0 Å². The molecule has 18 heavy (non-hydrogen) atoms. The Bertz CT molecular complexity index is 320. The number of halogens is 3. The molecule has 1 amide bonds. The van der Waals surface area contributed by atoms with Crippen LogP contribution in [0, 0.1) is 5.92 Å². The first kappa shape index (κ1) is 14.7. The van der Waals surface area contributed by atoms with Gasteiger partial charge in [-0.1, -0.05) is 0 Å². The third-order valence-corrected chi connectivity index (χ3v) is 2.73. The average molecular weight is 268 g/mol. The lowest BCUT2D eigenvalue weighted by molar-refractivity contribution is -0.145. The predicted molar refractivity (Wildman–Crippen MR) is 55.9 cm³/mol. The van der Waals surface area contributed by atoms with Crippen LogP contribution in [-0.4, -0.2) is 54.2 Å². The lowest BCUT2D eigenvalue weighted by Gasteiger charge is -2.30. The monoisotopic (exact) mass is 268 g/mol. The van der Waals surface area contributed by atoms with Crippen LogP contribution in [0.4, 0.5) is 13.2 Å². The van der Waals surface area contributed by atoms with Crippen LogP contribution in [0.3, 0.4) is 0 Å². The number of carbonyl (C=O) groups is 2. The molecular weight excluding hydrogens is 253 g/mol. The van der Waals surface area contributed by atoms with Gasteiger partial charge in [-0.05, 0) is 12.8 Å². The minimum Gasteiger partial charge on any atom is -0.481 e. The summed E-state index contributed by atoms with van der Waals surface area (Å²) in [5.41, 5.74) is 0. The quantitative estimate of drug-likeness (QED) is 0.777. The van der Waals surface area contributed by atoms with Crippen molar-refractivity contribution < 1.29 is 27.9 Å². The van der Waals surface area contributed by atoms with E-state index in [0.717, 1.165) is 0 Å². The van der Waals surface area contributed by atoms with Crippen LogP contribution >= 0.6 is 0 Å². The Hall–Kier alpha value is -1.31. The highest BCUT2D eigenvalue weighted by molar-refractivity contribution is 5.79. The number of hydrogen-bond acceptors (Lipinski definition) is 3. The summed E-state index contributed by atoms with van der Waals surface area (Å²) in [5.74, 6) is -2.09. The van der Waals surface area contributed by atoms with Crippen LogP contribution in [0.15, 0.2) is 0 Å². The molecule has 1 aliphatic heterocycles. The maximum absolute atomic E-state index is 11.9. The fraction of sp³-hybridized carbons (Fsp3) is 0.800. The summed E-state index contributed by atoms with van der Waals surface area (Å²) in [6.45, 7) is -1.18. The number of piperidine rings is 1. The Morgan fingerprint density at radius 2 is 2.06 bits per heavy atom. The molecule has 2 N–H and O–H groups in total. The molecule has 0 saturated carbocycles. The molecule has 104 valence electrons. The number of carboxylic acid groups (broad SMARTS) is 1. The average Bonchev–Trinajstić information content (AvgIpc) is 2.27. The molecule has 1 saturated heterocycles. The van der Waals surface area contributed by atoms with E-state index in [-0.39, 0.29) is 6.54 Å². The van der Waals surface area contributed by atoms with Crippen LogP contribution in [0.5, 0.6) is 0 Å². The SMILES string of the molecule is O=C(O)[C@@H]1CCCN(C(=O)CNCC(F)(F)F)C1. The topological polar surface area (TPSA) is 69.6 Å². The zero-order valence-corrected chi connectivity index (χ0v) is 9.66. The minimum atomic E-state index is -4.36. The molecule has 8 heteroatoms. The molecule has 1 fully saturated rings. The van der Waals surface area contributed by atoms with Crippen molar-refractivity contribution in [1.82, 2.24) is 10.2 Å². The summed E-state index contributed by atoms with van der Waals surface area (Å²) in [5, 5.41) is 10.8. The highest BCUT2D eigenvalue weighted by atomic mass is 19.4. The Balaban J connectivity index is 2.35. The van der Waals surface area contributed by atoms with Crippen molar-refractivity contribution >= 4 is 11.9 Å². The smallest absolute Gasteiger partial charge is 0.401 e. The number of carboxylic acids is 1. The Kier molecular flexibility index (Phi) is 4.94. The molecule has 1 aliphatic rings. The number of carbonyl (C=O) groups excluding carboxylic acids is 1. The second-order valence-corrected chi connectivity index (χ2v) is 4.24. The molecule has 0 aromatic heterocycles. The Morgan fingerprint density at radius 1 is 1.39 bits per heavy atom. The number of hydrogen-bond donors (Lipinski definition) is 2. The van der Waals surface area contributed by atoms with Crippen LogP contribution < -0.4 is 5.32 Å². The van der Waals surface area contributed by atoms with Crippen LogP contribution in [0.2, 0.25) is 0 Å². The zero-order valence-electron chi connectivity index (χ0n) is 9.66. The number of amides is 1. The summed E-state index contributed by atoms with van der Waals surface area (Å²) in [4.78, 5) is 23.6. The maximum Gasteiger partial charge on any atom is 0.401 e. The number of nitrogens with one attached hydrogen (secondary N) is 1. The van der Waals surface area contributed by atoms with Gasteiger partial charge in [-0.25, -0.2) is 0 Å². The summed E-state index contributed by atoms with van der Waals surface area (Å²) >= 11 is 0. The minimum absolute atomic E-state index is 0.0713. The third-order valence-electron chi connectivity index (χ3n) is 2.73. The van der Waals surface area contributed by atoms with Gasteiger partial charge < -0.3 is 15.3 Å². The number of likely N-dealkylation sites (tertiary alicyclic amines) is 1. The number of nitrogens with zero attached hydrogens (tertiary/aromatic N) is 1.